The van der Waals surface area contributed by atoms with Gasteiger partial charge >= 0.3 is 0 Å². The summed E-state index contributed by atoms with van der Waals surface area (Å²) in [6.07, 6.45) is 0. The molecular weight excluding hydrogens is 337 g/mol. The van der Waals surface area contributed by atoms with E-state index in [-0.39, 0.29) is 19.2 Å². The van der Waals surface area contributed by atoms with Gasteiger partial charge in [-0.25, -0.2) is 4.39 Å². The fourth-order valence-corrected chi connectivity index (χ4v) is 2.65. The third-order valence-corrected chi connectivity index (χ3v) is 3.99. The second-order valence-corrected chi connectivity index (χ2v) is 5.83. The predicted molar refractivity (Wildman–Crippen MR) is 96.7 cm³/mol. The molecule has 1 aliphatic heterocycles. The van der Waals surface area contributed by atoms with Gasteiger partial charge < -0.3 is 24.8 Å². The van der Waals surface area contributed by atoms with E-state index in [9.17, 15) is 4.39 Å². The molecule has 0 spiro atoms. The molecule has 0 amide bonds. The van der Waals surface area contributed by atoms with Crippen LogP contribution in [0.3, 0.4) is 0 Å². The smallest absolute Gasteiger partial charge is 0.231 e. The van der Waals surface area contributed by atoms with Crippen LogP contribution in [0.2, 0.25) is 0 Å². The average molecular weight is 359 g/mol. The van der Waals surface area contributed by atoms with Crippen LogP contribution >= 0.6 is 0 Å². The summed E-state index contributed by atoms with van der Waals surface area (Å²) < 4.78 is 29.4. The number of guanidine groups is 1. The predicted octanol–water partition coefficient (Wildman–Crippen LogP) is 2.57. The number of nitrogens with zero attached hydrogens (tertiary/aromatic N) is 1. The second kappa shape index (κ2) is 8.53. The van der Waals surface area contributed by atoms with Crippen LogP contribution < -0.4 is 20.1 Å². The fourth-order valence-electron chi connectivity index (χ4n) is 2.65. The minimum Gasteiger partial charge on any atom is -0.454 e. The van der Waals surface area contributed by atoms with E-state index in [1.165, 1.54) is 6.07 Å². The van der Waals surface area contributed by atoms with Crippen LogP contribution in [0.1, 0.15) is 16.7 Å². The van der Waals surface area contributed by atoms with Crippen molar-refractivity contribution in [2.45, 2.75) is 19.7 Å². The van der Waals surface area contributed by atoms with Crippen molar-refractivity contribution in [1.82, 2.24) is 10.6 Å². The van der Waals surface area contributed by atoms with E-state index in [0.717, 1.165) is 22.6 Å². The Morgan fingerprint density at radius 3 is 2.50 bits per heavy atom. The summed E-state index contributed by atoms with van der Waals surface area (Å²) >= 11 is 0. The SMILES string of the molecule is CN=C(NCc1ccc(F)c(COC)c1)NCc1ccc2c(c1)OCO2. The van der Waals surface area contributed by atoms with Crippen molar-refractivity contribution >= 4 is 5.96 Å². The molecule has 0 saturated heterocycles. The van der Waals surface area contributed by atoms with Gasteiger partial charge in [0.2, 0.25) is 6.79 Å². The molecule has 7 heteroatoms. The number of halogens is 1. The Kier molecular flexibility index (Phi) is 5.91. The first kappa shape index (κ1) is 18.0. The number of methoxy groups -OCH3 is 1. The number of benzene rings is 2. The van der Waals surface area contributed by atoms with Gasteiger partial charge in [-0.05, 0) is 35.4 Å². The first-order valence-electron chi connectivity index (χ1n) is 8.29. The quantitative estimate of drug-likeness (QED) is 0.613. The summed E-state index contributed by atoms with van der Waals surface area (Å²) in [5, 5.41) is 6.46. The molecule has 138 valence electrons. The highest BCUT2D eigenvalue weighted by Crippen LogP contribution is 2.32. The molecule has 2 aromatic carbocycles. The van der Waals surface area contributed by atoms with Crippen LogP contribution in [-0.4, -0.2) is 26.9 Å². The molecule has 26 heavy (non-hydrogen) atoms. The van der Waals surface area contributed by atoms with Crippen molar-refractivity contribution in [3.63, 3.8) is 0 Å². The van der Waals surface area contributed by atoms with Crippen molar-refractivity contribution in [1.29, 1.82) is 0 Å². The molecule has 0 atom stereocenters. The molecule has 0 unspecified atom stereocenters. The molecule has 0 saturated carbocycles. The normalized spacial score (nSPS) is 13.0. The molecule has 0 fully saturated rings. The van der Waals surface area contributed by atoms with Crippen LogP contribution in [0, 0.1) is 5.82 Å². The number of hydrogen-bond donors (Lipinski definition) is 2. The van der Waals surface area contributed by atoms with Gasteiger partial charge in [0, 0.05) is 32.8 Å². The molecule has 0 radical (unpaired) electrons. The number of rotatable bonds is 6. The fraction of sp³-hybridized carbons (Fsp3) is 0.316. The third-order valence-electron chi connectivity index (χ3n) is 3.99. The van der Waals surface area contributed by atoms with Crippen molar-refractivity contribution in [3.8, 4) is 11.5 Å². The average Bonchev–Trinajstić information content (AvgIpc) is 3.12. The first-order valence-corrected chi connectivity index (χ1v) is 8.29. The molecule has 6 nitrogen and oxygen atoms in total. The van der Waals surface area contributed by atoms with Crippen LogP contribution in [-0.2, 0) is 24.4 Å². The van der Waals surface area contributed by atoms with E-state index in [4.69, 9.17) is 14.2 Å². The lowest BCUT2D eigenvalue weighted by molar-refractivity contribution is 0.174. The van der Waals surface area contributed by atoms with E-state index >= 15 is 0 Å². The summed E-state index contributed by atoms with van der Waals surface area (Å²) in [5.41, 5.74) is 2.54. The van der Waals surface area contributed by atoms with E-state index in [1.54, 1.807) is 26.3 Å². The van der Waals surface area contributed by atoms with Gasteiger partial charge in [-0.2, -0.15) is 0 Å². The van der Waals surface area contributed by atoms with Gasteiger partial charge in [-0.3, -0.25) is 4.99 Å². The van der Waals surface area contributed by atoms with Gasteiger partial charge in [0.1, 0.15) is 5.82 Å². The van der Waals surface area contributed by atoms with Gasteiger partial charge in [-0.15, -0.1) is 0 Å². The first-order chi connectivity index (χ1) is 12.7. The summed E-state index contributed by atoms with van der Waals surface area (Å²) in [6, 6.07) is 10.8. The van der Waals surface area contributed by atoms with Crippen LogP contribution in [0.4, 0.5) is 4.39 Å². The zero-order valence-electron chi connectivity index (χ0n) is 14.8. The maximum Gasteiger partial charge on any atom is 0.231 e. The highest BCUT2D eigenvalue weighted by Gasteiger charge is 2.13. The van der Waals surface area contributed by atoms with Crippen molar-refractivity contribution in [2.75, 3.05) is 21.0 Å². The summed E-state index contributed by atoms with van der Waals surface area (Å²) in [5.74, 6) is 1.91. The molecule has 2 aromatic rings. The Bertz CT molecular complexity index is 796. The minimum absolute atomic E-state index is 0.247. The number of nitrogens with one attached hydrogen (secondary N) is 2. The number of fused-ring (bicyclic) bond motifs is 1. The highest BCUT2D eigenvalue weighted by molar-refractivity contribution is 5.79. The highest BCUT2D eigenvalue weighted by atomic mass is 19.1. The number of aliphatic imine (C=N–C) groups is 1. The summed E-state index contributed by atoms with van der Waals surface area (Å²) in [7, 11) is 3.25. The Balaban J connectivity index is 1.54. The van der Waals surface area contributed by atoms with Gasteiger partial charge in [-0.1, -0.05) is 12.1 Å². The molecule has 1 aliphatic rings. The second-order valence-electron chi connectivity index (χ2n) is 5.83. The van der Waals surface area contributed by atoms with Crippen molar-refractivity contribution in [2.24, 2.45) is 4.99 Å². The third kappa shape index (κ3) is 4.43. The van der Waals surface area contributed by atoms with E-state index in [1.807, 2.05) is 18.2 Å². The Hall–Kier alpha value is -2.80. The molecular formula is C19H22FN3O3. The van der Waals surface area contributed by atoms with Crippen LogP contribution in [0.25, 0.3) is 0 Å². The van der Waals surface area contributed by atoms with E-state index in [2.05, 4.69) is 15.6 Å². The Labute approximate surface area is 152 Å². The maximum absolute atomic E-state index is 13.7. The standard InChI is InChI=1S/C19H22FN3O3/c1-21-19(22-9-13-3-5-16(20)15(7-13)11-24-2)23-10-14-4-6-17-18(8-14)26-12-25-17/h3-8H,9-12H2,1-2H3,(H2,21,22,23). The molecule has 1 heterocycles. The number of hydrogen-bond acceptors (Lipinski definition) is 4. The van der Waals surface area contributed by atoms with E-state index < -0.39 is 0 Å². The largest absolute Gasteiger partial charge is 0.454 e. The lowest BCUT2D eigenvalue weighted by Gasteiger charge is -2.13. The molecule has 0 aliphatic carbocycles. The molecule has 2 N–H and O–H groups in total. The Morgan fingerprint density at radius 2 is 1.77 bits per heavy atom. The Morgan fingerprint density at radius 1 is 1.08 bits per heavy atom. The minimum atomic E-state index is -0.263. The molecule has 0 aromatic heterocycles. The van der Waals surface area contributed by atoms with Gasteiger partial charge in [0.05, 0.1) is 6.61 Å². The lowest BCUT2D eigenvalue weighted by Crippen LogP contribution is -2.36. The van der Waals surface area contributed by atoms with Gasteiger partial charge in [0.15, 0.2) is 17.5 Å². The molecule has 0 bridgehead atoms. The maximum atomic E-state index is 13.7. The summed E-state index contributed by atoms with van der Waals surface area (Å²) in [4.78, 5) is 4.21. The number of ether oxygens (including phenoxy) is 3. The topological polar surface area (TPSA) is 64.1 Å². The van der Waals surface area contributed by atoms with E-state index in [0.29, 0.717) is 24.6 Å². The van der Waals surface area contributed by atoms with Crippen molar-refractivity contribution in [3.05, 3.63) is 58.9 Å². The summed E-state index contributed by atoms with van der Waals surface area (Å²) in [6.45, 7) is 1.63. The monoisotopic (exact) mass is 359 g/mol. The molecule has 3 rings (SSSR count). The van der Waals surface area contributed by atoms with Crippen molar-refractivity contribution < 1.29 is 18.6 Å². The van der Waals surface area contributed by atoms with Crippen LogP contribution in [0.5, 0.6) is 11.5 Å². The van der Waals surface area contributed by atoms with Gasteiger partial charge in [0.25, 0.3) is 0 Å². The van der Waals surface area contributed by atoms with Crippen LogP contribution in [0.15, 0.2) is 41.4 Å². The lowest BCUT2D eigenvalue weighted by atomic mass is 10.1. The zero-order valence-corrected chi connectivity index (χ0v) is 14.8. The zero-order chi connectivity index (χ0) is 18.4.